The summed E-state index contributed by atoms with van der Waals surface area (Å²) in [6.07, 6.45) is 2.41. The van der Waals surface area contributed by atoms with E-state index in [1.165, 1.54) is 36.0 Å². The van der Waals surface area contributed by atoms with Gasteiger partial charge >= 0.3 is 0 Å². The zero-order valence-corrected chi connectivity index (χ0v) is 14.8. The number of ether oxygens (including phenoxy) is 1. The van der Waals surface area contributed by atoms with Crippen molar-refractivity contribution in [2.75, 3.05) is 33.8 Å². The monoisotopic (exact) mass is 343 g/mol. The van der Waals surface area contributed by atoms with Crippen LogP contribution in [0.4, 0.5) is 0 Å². The van der Waals surface area contributed by atoms with Crippen molar-refractivity contribution in [1.29, 1.82) is 0 Å². The van der Waals surface area contributed by atoms with Crippen LogP contribution in [0.3, 0.4) is 0 Å². The van der Waals surface area contributed by atoms with Crippen LogP contribution in [0, 0.1) is 5.92 Å². The van der Waals surface area contributed by atoms with Crippen molar-refractivity contribution in [2.24, 2.45) is 11.1 Å². The number of hydrogen-bond acceptors (Lipinski definition) is 6. The smallest absolute Gasteiger partial charge is 0.226 e. The van der Waals surface area contributed by atoms with Crippen LogP contribution in [0.5, 0.6) is 5.75 Å². The quantitative estimate of drug-likeness (QED) is 0.840. The van der Waals surface area contributed by atoms with Gasteiger partial charge in [-0.2, -0.15) is 0 Å². The minimum atomic E-state index is -0.264. The van der Waals surface area contributed by atoms with Crippen LogP contribution < -0.4 is 4.74 Å². The Morgan fingerprint density at radius 3 is 2.83 bits per heavy atom. The Morgan fingerprint density at radius 2 is 2.12 bits per heavy atom. The third-order valence-corrected chi connectivity index (χ3v) is 6.89. The predicted molar refractivity (Wildman–Crippen MR) is 95.7 cm³/mol. The molecule has 0 amide bonds. The first-order valence-corrected chi connectivity index (χ1v) is 9.31. The van der Waals surface area contributed by atoms with Crippen molar-refractivity contribution in [3.8, 4) is 5.75 Å². The van der Waals surface area contributed by atoms with Gasteiger partial charge in [-0.05, 0) is 55.6 Å². The highest BCUT2D eigenvalue weighted by atomic mass is 32.1. The second-order valence-corrected chi connectivity index (χ2v) is 8.06. The number of methoxy groups -OCH3 is 1. The van der Waals surface area contributed by atoms with Crippen LogP contribution in [0.25, 0.3) is 10.1 Å². The molecule has 0 aliphatic carbocycles. The molecule has 4 aliphatic heterocycles. The lowest BCUT2D eigenvalue weighted by Crippen LogP contribution is -2.65. The molecule has 4 aliphatic rings. The molecule has 0 radical (unpaired) electrons. The van der Waals surface area contributed by atoms with E-state index in [0.717, 1.165) is 23.0 Å². The van der Waals surface area contributed by atoms with Crippen LogP contribution in [-0.4, -0.2) is 55.2 Å². The van der Waals surface area contributed by atoms with E-state index in [1.54, 1.807) is 18.4 Å². The van der Waals surface area contributed by atoms with Crippen LogP contribution >= 0.6 is 11.3 Å². The van der Waals surface area contributed by atoms with Gasteiger partial charge in [0.05, 0.1) is 18.5 Å². The van der Waals surface area contributed by atoms with E-state index in [4.69, 9.17) is 9.57 Å². The van der Waals surface area contributed by atoms with Gasteiger partial charge in [0.2, 0.25) is 5.72 Å². The summed E-state index contributed by atoms with van der Waals surface area (Å²) >= 11 is 1.75. The van der Waals surface area contributed by atoms with Gasteiger partial charge in [-0.3, -0.25) is 4.90 Å². The number of fused-ring (bicyclic) bond motifs is 3. The number of thiophene rings is 1. The predicted octanol–water partition coefficient (Wildman–Crippen LogP) is 2.96. The van der Waals surface area contributed by atoms with Gasteiger partial charge < -0.3 is 14.5 Å². The maximum absolute atomic E-state index is 6.09. The molecule has 6 rings (SSSR count). The van der Waals surface area contributed by atoms with Crippen molar-refractivity contribution < 1.29 is 9.57 Å². The lowest BCUT2D eigenvalue weighted by Gasteiger charge is -2.52. The summed E-state index contributed by atoms with van der Waals surface area (Å²) in [5.74, 6) is 2.43. The van der Waals surface area contributed by atoms with Crippen molar-refractivity contribution >= 4 is 27.3 Å². The van der Waals surface area contributed by atoms with E-state index in [1.807, 2.05) is 6.07 Å². The molecule has 0 saturated carbocycles. The standard InChI is InChI=1S/C18H21N3O2S/c1-20-17(16-9-12-3-4-14(22-2)10-15(12)24-16)19-23-18(20)11-21-7-5-13(18)6-8-21/h3-4,9-10,13H,5-8,11H2,1-2H3. The van der Waals surface area contributed by atoms with Crippen molar-refractivity contribution in [3.63, 3.8) is 0 Å². The Kier molecular flexibility index (Phi) is 3.09. The molecular formula is C18H21N3O2S. The molecule has 5 nitrogen and oxygen atoms in total. The first-order valence-electron chi connectivity index (χ1n) is 8.50. The fourth-order valence-corrected chi connectivity index (χ4v) is 5.47. The van der Waals surface area contributed by atoms with E-state index in [0.29, 0.717) is 5.92 Å². The van der Waals surface area contributed by atoms with Gasteiger partial charge in [-0.25, -0.2) is 0 Å². The molecule has 24 heavy (non-hydrogen) atoms. The van der Waals surface area contributed by atoms with Crippen LogP contribution in [0.15, 0.2) is 29.4 Å². The summed E-state index contributed by atoms with van der Waals surface area (Å²) in [5.41, 5.74) is -0.264. The minimum Gasteiger partial charge on any atom is -0.497 e. The number of rotatable bonds is 2. The first-order chi connectivity index (χ1) is 11.7. The highest BCUT2D eigenvalue weighted by Gasteiger charge is 2.56. The van der Waals surface area contributed by atoms with Crippen LogP contribution in [0.2, 0.25) is 0 Å². The lowest BCUT2D eigenvalue weighted by atomic mass is 9.80. The molecule has 3 fully saturated rings. The molecule has 1 aromatic heterocycles. The Bertz CT molecular complexity index is 825. The molecule has 2 bridgehead atoms. The van der Waals surface area contributed by atoms with E-state index in [9.17, 15) is 0 Å². The molecule has 5 heterocycles. The maximum atomic E-state index is 6.09. The second kappa shape index (κ2) is 5.10. The van der Waals surface area contributed by atoms with E-state index in [2.05, 4.69) is 40.2 Å². The molecule has 0 N–H and O–H groups in total. The van der Waals surface area contributed by atoms with Gasteiger partial charge in [0.15, 0.2) is 5.84 Å². The summed E-state index contributed by atoms with van der Waals surface area (Å²) in [6, 6.07) is 8.40. The average molecular weight is 343 g/mol. The Morgan fingerprint density at radius 1 is 1.29 bits per heavy atom. The van der Waals surface area contributed by atoms with Gasteiger partial charge in [0.25, 0.3) is 0 Å². The molecule has 1 aromatic carbocycles. The number of piperidine rings is 3. The maximum Gasteiger partial charge on any atom is 0.226 e. The molecule has 126 valence electrons. The molecule has 1 spiro atoms. The largest absolute Gasteiger partial charge is 0.497 e. The molecular weight excluding hydrogens is 322 g/mol. The molecule has 2 aromatic rings. The van der Waals surface area contributed by atoms with Crippen LogP contribution in [-0.2, 0) is 4.84 Å². The molecule has 6 heteroatoms. The Labute approximate surface area is 145 Å². The number of likely N-dealkylation sites (N-methyl/N-ethyl adjacent to an activating group) is 1. The Hall–Kier alpha value is -1.79. The van der Waals surface area contributed by atoms with Crippen molar-refractivity contribution in [3.05, 3.63) is 29.1 Å². The zero-order valence-electron chi connectivity index (χ0n) is 14.0. The van der Waals surface area contributed by atoms with Gasteiger partial charge in [0, 0.05) is 17.7 Å². The lowest BCUT2D eigenvalue weighted by molar-refractivity contribution is -0.190. The summed E-state index contributed by atoms with van der Waals surface area (Å²) in [7, 11) is 3.84. The van der Waals surface area contributed by atoms with E-state index >= 15 is 0 Å². The van der Waals surface area contributed by atoms with Crippen molar-refractivity contribution in [2.45, 2.75) is 18.6 Å². The minimum absolute atomic E-state index is 0.264. The average Bonchev–Trinajstić information content (AvgIpc) is 3.17. The third-order valence-electron chi connectivity index (χ3n) is 5.80. The van der Waals surface area contributed by atoms with Gasteiger partial charge in [0.1, 0.15) is 5.75 Å². The van der Waals surface area contributed by atoms with Gasteiger partial charge in [-0.1, -0.05) is 5.16 Å². The SMILES string of the molecule is COc1ccc2cc(C3=NOC4(CN5CCC4CC5)N3C)sc2c1. The third kappa shape index (κ3) is 1.93. The normalized spacial score (nSPS) is 31.6. The Balaban J connectivity index is 1.49. The highest BCUT2D eigenvalue weighted by molar-refractivity contribution is 7.20. The first kappa shape index (κ1) is 14.5. The number of nitrogens with zero attached hydrogens (tertiary/aromatic N) is 3. The number of hydrogen-bond donors (Lipinski definition) is 0. The number of benzene rings is 1. The van der Waals surface area contributed by atoms with Crippen molar-refractivity contribution in [1.82, 2.24) is 9.80 Å². The summed E-state index contributed by atoms with van der Waals surface area (Å²) in [5, 5.41) is 5.74. The molecule has 1 atom stereocenters. The highest BCUT2D eigenvalue weighted by Crippen LogP contribution is 2.44. The summed E-state index contributed by atoms with van der Waals surface area (Å²) in [6.45, 7) is 3.35. The summed E-state index contributed by atoms with van der Waals surface area (Å²) in [4.78, 5) is 12.0. The fourth-order valence-electron chi connectivity index (χ4n) is 4.36. The summed E-state index contributed by atoms with van der Waals surface area (Å²) < 4.78 is 6.56. The second-order valence-electron chi connectivity index (χ2n) is 6.97. The fraction of sp³-hybridized carbons (Fsp3) is 0.500. The zero-order chi connectivity index (χ0) is 16.3. The molecule has 1 unspecified atom stereocenters. The van der Waals surface area contributed by atoms with Gasteiger partial charge in [-0.15, -0.1) is 11.3 Å². The number of oxime groups is 1. The van der Waals surface area contributed by atoms with Crippen LogP contribution in [0.1, 0.15) is 17.7 Å². The van der Waals surface area contributed by atoms with E-state index < -0.39 is 0 Å². The van der Waals surface area contributed by atoms with E-state index in [-0.39, 0.29) is 5.72 Å². The molecule has 3 saturated heterocycles. The topological polar surface area (TPSA) is 37.3 Å². The number of amidine groups is 1.